The van der Waals surface area contributed by atoms with E-state index in [9.17, 15) is 8.42 Å². The fourth-order valence-corrected chi connectivity index (χ4v) is 4.42. The number of nitrogens with one attached hydrogen (secondary N) is 1. The highest BCUT2D eigenvalue weighted by molar-refractivity contribution is 7.99. The molecule has 0 aliphatic heterocycles. The molecule has 2 heterocycles. The van der Waals surface area contributed by atoms with Crippen LogP contribution < -0.4 is 9.50 Å². The Labute approximate surface area is 185 Å². The van der Waals surface area contributed by atoms with Gasteiger partial charge in [-0.1, -0.05) is 17.8 Å². The first-order valence-electron chi connectivity index (χ1n) is 9.54. The fourth-order valence-electron chi connectivity index (χ4n) is 3.07. The number of hydrogen-bond acceptors (Lipinski definition) is 7. The summed E-state index contributed by atoms with van der Waals surface area (Å²) in [7, 11) is -3.54. The summed E-state index contributed by atoms with van der Waals surface area (Å²) in [6.07, 6.45) is 2.78. The Balaban J connectivity index is 1.63. The molecule has 0 saturated heterocycles. The van der Waals surface area contributed by atoms with E-state index in [1.807, 2.05) is 44.2 Å². The van der Waals surface area contributed by atoms with Crippen LogP contribution in [-0.2, 0) is 10.1 Å². The third kappa shape index (κ3) is 5.34. The SMILES string of the molecule is Cc1ccc(Sc2ccc(OS(C)(=O)=O)cc2)c(Nc2ccnc3nc(C)ccc23)c1. The predicted molar refractivity (Wildman–Crippen MR) is 125 cm³/mol. The van der Waals surface area contributed by atoms with Crippen molar-refractivity contribution >= 4 is 44.3 Å². The minimum atomic E-state index is -3.54. The summed E-state index contributed by atoms with van der Waals surface area (Å²) in [4.78, 5) is 10.9. The van der Waals surface area contributed by atoms with Crippen molar-refractivity contribution < 1.29 is 12.6 Å². The molecule has 8 heteroatoms. The Morgan fingerprint density at radius 2 is 1.71 bits per heavy atom. The van der Waals surface area contributed by atoms with Crippen molar-refractivity contribution in [2.45, 2.75) is 23.6 Å². The van der Waals surface area contributed by atoms with Crippen molar-refractivity contribution in [3.8, 4) is 5.75 Å². The van der Waals surface area contributed by atoms with E-state index in [-0.39, 0.29) is 0 Å². The Kier molecular flexibility index (Phi) is 5.84. The van der Waals surface area contributed by atoms with Crippen molar-refractivity contribution in [2.75, 3.05) is 11.6 Å². The molecule has 0 fully saturated rings. The van der Waals surface area contributed by atoms with Crippen LogP contribution in [-0.4, -0.2) is 24.6 Å². The summed E-state index contributed by atoms with van der Waals surface area (Å²) < 4.78 is 27.5. The first-order valence-corrected chi connectivity index (χ1v) is 12.2. The van der Waals surface area contributed by atoms with Gasteiger partial charge < -0.3 is 9.50 Å². The van der Waals surface area contributed by atoms with Gasteiger partial charge in [0.2, 0.25) is 0 Å². The van der Waals surface area contributed by atoms with E-state index in [0.717, 1.165) is 44.1 Å². The maximum atomic E-state index is 11.3. The van der Waals surface area contributed by atoms with Crippen molar-refractivity contribution in [3.05, 3.63) is 78.1 Å². The van der Waals surface area contributed by atoms with Gasteiger partial charge in [-0.25, -0.2) is 9.97 Å². The summed E-state index contributed by atoms with van der Waals surface area (Å²) in [6, 6.07) is 19.1. The van der Waals surface area contributed by atoms with Gasteiger partial charge >= 0.3 is 10.1 Å². The predicted octanol–water partition coefficient (Wildman–Crippen LogP) is 5.48. The quantitative estimate of drug-likeness (QED) is 0.389. The molecule has 2 aromatic heterocycles. The van der Waals surface area contributed by atoms with E-state index in [1.54, 1.807) is 30.1 Å². The van der Waals surface area contributed by atoms with Crippen LogP contribution in [0.1, 0.15) is 11.3 Å². The molecule has 158 valence electrons. The van der Waals surface area contributed by atoms with E-state index in [1.165, 1.54) is 0 Å². The molecular weight excluding hydrogens is 430 g/mol. The first kappa shape index (κ1) is 21.1. The molecule has 0 unspecified atom stereocenters. The van der Waals surface area contributed by atoms with Crippen molar-refractivity contribution in [2.24, 2.45) is 0 Å². The molecule has 0 spiro atoms. The third-order valence-corrected chi connectivity index (χ3v) is 6.03. The van der Waals surface area contributed by atoms with Crippen LogP contribution in [0.2, 0.25) is 0 Å². The van der Waals surface area contributed by atoms with E-state index >= 15 is 0 Å². The number of aryl methyl sites for hydroxylation is 2. The van der Waals surface area contributed by atoms with E-state index < -0.39 is 10.1 Å². The lowest BCUT2D eigenvalue weighted by Crippen LogP contribution is -2.05. The van der Waals surface area contributed by atoms with Crippen molar-refractivity contribution in [1.29, 1.82) is 0 Å². The maximum absolute atomic E-state index is 11.3. The third-order valence-electron chi connectivity index (χ3n) is 4.45. The zero-order valence-electron chi connectivity index (χ0n) is 17.3. The molecule has 0 bridgehead atoms. The molecule has 1 N–H and O–H groups in total. The molecule has 0 saturated carbocycles. The molecule has 4 rings (SSSR count). The van der Waals surface area contributed by atoms with Gasteiger partial charge in [-0.15, -0.1) is 0 Å². The van der Waals surface area contributed by atoms with E-state index in [2.05, 4.69) is 33.5 Å². The van der Waals surface area contributed by atoms with Crippen molar-refractivity contribution in [3.63, 3.8) is 0 Å². The first-order chi connectivity index (χ1) is 14.8. The highest BCUT2D eigenvalue weighted by Crippen LogP contribution is 2.37. The Morgan fingerprint density at radius 3 is 2.45 bits per heavy atom. The molecule has 0 aliphatic rings. The molecule has 2 aromatic carbocycles. The second-order valence-corrected chi connectivity index (χ2v) is 9.86. The van der Waals surface area contributed by atoms with Crippen LogP contribution >= 0.6 is 11.8 Å². The molecular formula is C23H21N3O3S2. The molecule has 0 amide bonds. The smallest absolute Gasteiger partial charge is 0.306 e. The maximum Gasteiger partial charge on any atom is 0.306 e. The number of nitrogens with zero attached hydrogens (tertiary/aromatic N) is 2. The minimum Gasteiger partial charge on any atom is -0.383 e. The highest BCUT2D eigenvalue weighted by atomic mass is 32.2. The molecule has 6 nitrogen and oxygen atoms in total. The zero-order valence-corrected chi connectivity index (χ0v) is 18.9. The second-order valence-electron chi connectivity index (χ2n) is 7.17. The van der Waals surface area contributed by atoms with Crippen molar-refractivity contribution in [1.82, 2.24) is 9.97 Å². The molecule has 0 radical (unpaired) electrons. The minimum absolute atomic E-state index is 0.292. The van der Waals surface area contributed by atoms with Crippen LogP contribution in [0, 0.1) is 13.8 Å². The molecule has 0 aliphatic carbocycles. The standard InChI is InChI=1S/C23H21N3O3S2/c1-15-4-11-22(30-18-8-6-17(7-9-18)29-31(3,27)28)21(14-15)26-20-12-13-24-23-19(20)10-5-16(2)25-23/h4-14H,1-3H3,(H,24,25,26). The van der Waals surface area contributed by atoms with Gasteiger partial charge in [-0.2, -0.15) is 8.42 Å². The van der Waals surface area contributed by atoms with Gasteiger partial charge in [0.15, 0.2) is 5.65 Å². The Bertz CT molecular complexity index is 1350. The fraction of sp³-hybridized carbons (Fsp3) is 0.130. The number of hydrogen-bond donors (Lipinski definition) is 1. The highest BCUT2D eigenvalue weighted by Gasteiger charge is 2.10. The number of pyridine rings is 2. The van der Waals surface area contributed by atoms with Crippen LogP contribution in [0.5, 0.6) is 5.75 Å². The molecule has 0 atom stereocenters. The average Bonchev–Trinajstić information content (AvgIpc) is 2.70. The molecule has 4 aromatic rings. The van der Waals surface area contributed by atoms with Gasteiger partial charge in [-0.3, -0.25) is 0 Å². The number of aromatic nitrogens is 2. The van der Waals surface area contributed by atoms with Gasteiger partial charge in [0.25, 0.3) is 0 Å². The Hall–Kier alpha value is -3.10. The van der Waals surface area contributed by atoms with Crippen LogP contribution in [0.3, 0.4) is 0 Å². The van der Waals surface area contributed by atoms with E-state index in [0.29, 0.717) is 11.4 Å². The average molecular weight is 452 g/mol. The summed E-state index contributed by atoms with van der Waals surface area (Å²) in [5.74, 6) is 0.292. The number of rotatable bonds is 6. The lowest BCUT2D eigenvalue weighted by atomic mass is 10.2. The lowest BCUT2D eigenvalue weighted by Gasteiger charge is -2.14. The normalized spacial score (nSPS) is 11.5. The van der Waals surface area contributed by atoms with Crippen LogP contribution in [0.25, 0.3) is 11.0 Å². The second kappa shape index (κ2) is 8.56. The summed E-state index contributed by atoms with van der Waals surface area (Å²) in [5.41, 5.74) is 4.66. The zero-order chi connectivity index (χ0) is 22.0. The summed E-state index contributed by atoms with van der Waals surface area (Å²) >= 11 is 1.58. The summed E-state index contributed by atoms with van der Waals surface area (Å²) in [5, 5.41) is 4.49. The van der Waals surface area contributed by atoms with Gasteiger partial charge in [-0.05, 0) is 74.0 Å². The number of benzene rings is 2. The number of fused-ring (bicyclic) bond motifs is 1. The van der Waals surface area contributed by atoms with Gasteiger partial charge in [0.05, 0.1) is 17.6 Å². The molecule has 31 heavy (non-hydrogen) atoms. The van der Waals surface area contributed by atoms with Crippen LogP contribution in [0.4, 0.5) is 11.4 Å². The number of anilines is 2. The monoisotopic (exact) mass is 451 g/mol. The van der Waals surface area contributed by atoms with Crippen LogP contribution in [0.15, 0.2) is 76.7 Å². The Morgan fingerprint density at radius 1 is 0.935 bits per heavy atom. The largest absolute Gasteiger partial charge is 0.383 e. The topological polar surface area (TPSA) is 81.2 Å². The van der Waals surface area contributed by atoms with E-state index in [4.69, 9.17) is 4.18 Å². The van der Waals surface area contributed by atoms with Gasteiger partial charge in [0.1, 0.15) is 5.75 Å². The summed E-state index contributed by atoms with van der Waals surface area (Å²) in [6.45, 7) is 4.00. The lowest BCUT2D eigenvalue weighted by molar-refractivity contribution is 0.493. The van der Waals surface area contributed by atoms with Gasteiger partial charge in [0, 0.05) is 27.1 Å².